The number of rotatable bonds is 4. The van der Waals surface area contributed by atoms with E-state index in [9.17, 15) is 9.79 Å². The van der Waals surface area contributed by atoms with Crippen molar-refractivity contribution < 1.29 is 9.79 Å². The van der Waals surface area contributed by atoms with Gasteiger partial charge in [-0.05, 0) is 55.7 Å². The molecule has 1 fully saturated rings. The Morgan fingerprint density at radius 1 is 1.21 bits per heavy atom. The SMILES string of the molecule is C=CCC1CCC(CP(O)(O)=S)CC1. The van der Waals surface area contributed by atoms with Crippen molar-refractivity contribution in [3.8, 4) is 0 Å². The summed E-state index contributed by atoms with van der Waals surface area (Å²) in [5, 5.41) is 0. The average molecular weight is 234 g/mol. The molecular weight excluding hydrogens is 215 g/mol. The lowest BCUT2D eigenvalue weighted by molar-refractivity contribution is 0.288. The third-order valence-electron chi connectivity index (χ3n) is 2.96. The van der Waals surface area contributed by atoms with Gasteiger partial charge in [-0.15, -0.1) is 6.58 Å². The highest BCUT2D eigenvalue weighted by Crippen LogP contribution is 2.42. The molecule has 1 aliphatic carbocycles. The van der Waals surface area contributed by atoms with Gasteiger partial charge in [0.1, 0.15) is 0 Å². The van der Waals surface area contributed by atoms with Gasteiger partial charge in [0.2, 0.25) is 0 Å². The van der Waals surface area contributed by atoms with Crippen LogP contribution in [0, 0.1) is 11.8 Å². The van der Waals surface area contributed by atoms with E-state index in [1.54, 1.807) is 0 Å². The smallest absolute Gasteiger partial charge is 0.183 e. The molecule has 0 aromatic heterocycles. The van der Waals surface area contributed by atoms with E-state index in [0.29, 0.717) is 12.1 Å². The summed E-state index contributed by atoms with van der Waals surface area (Å²) in [6, 6.07) is 0. The van der Waals surface area contributed by atoms with Gasteiger partial charge in [0.15, 0.2) is 6.49 Å². The lowest BCUT2D eigenvalue weighted by Gasteiger charge is -2.28. The summed E-state index contributed by atoms with van der Waals surface area (Å²) in [5.74, 6) is 1.20. The van der Waals surface area contributed by atoms with Crippen LogP contribution in [0.4, 0.5) is 0 Å². The standard InChI is InChI=1S/C10H19O2PS/c1-2-3-9-4-6-10(7-5-9)8-13(11,12)14/h2,9-10H,1,3-8H2,(H2,11,12,14). The quantitative estimate of drug-likeness (QED) is 0.580. The summed E-state index contributed by atoms with van der Waals surface area (Å²) in [6.45, 7) is 0.786. The van der Waals surface area contributed by atoms with Crippen LogP contribution < -0.4 is 0 Å². The molecule has 0 aromatic carbocycles. The van der Waals surface area contributed by atoms with E-state index in [2.05, 4.69) is 18.4 Å². The minimum Gasteiger partial charge on any atom is -0.345 e. The molecule has 0 heterocycles. The molecule has 14 heavy (non-hydrogen) atoms. The Hall–Kier alpha value is 0.310. The molecule has 0 unspecified atom stereocenters. The van der Waals surface area contributed by atoms with Crippen LogP contribution >= 0.6 is 6.49 Å². The molecule has 0 aliphatic heterocycles. The van der Waals surface area contributed by atoms with Crippen molar-refractivity contribution >= 4 is 18.3 Å². The molecule has 2 N–H and O–H groups in total. The van der Waals surface area contributed by atoms with Gasteiger partial charge in [-0.2, -0.15) is 0 Å². The normalized spacial score (nSPS) is 28.7. The van der Waals surface area contributed by atoms with Crippen LogP contribution in [-0.2, 0) is 11.8 Å². The van der Waals surface area contributed by atoms with Crippen molar-refractivity contribution in [1.29, 1.82) is 0 Å². The predicted octanol–water partition coefficient (Wildman–Crippen LogP) is 2.66. The summed E-state index contributed by atoms with van der Waals surface area (Å²) in [6.07, 6.45) is 8.09. The first kappa shape index (κ1) is 12.4. The van der Waals surface area contributed by atoms with Crippen LogP contribution in [-0.4, -0.2) is 15.9 Å². The first-order chi connectivity index (χ1) is 6.51. The molecule has 2 nitrogen and oxygen atoms in total. The zero-order chi connectivity index (χ0) is 10.6. The van der Waals surface area contributed by atoms with E-state index < -0.39 is 6.49 Å². The maximum atomic E-state index is 9.20. The summed E-state index contributed by atoms with van der Waals surface area (Å²) in [4.78, 5) is 18.4. The van der Waals surface area contributed by atoms with Crippen LogP contribution in [0.3, 0.4) is 0 Å². The fraction of sp³-hybridized carbons (Fsp3) is 0.800. The van der Waals surface area contributed by atoms with Crippen LogP contribution in [0.2, 0.25) is 0 Å². The number of hydrogen-bond acceptors (Lipinski definition) is 1. The lowest BCUT2D eigenvalue weighted by atomic mass is 9.81. The largest absolute Gasteiger partial charge is 0.345 e. The Bertz CT molecular complexity index is 228. The zero-order valence-corrected chi connectivity index (χ0v) is 10.1. The van der Waals surface area contributed by atoms with E-state index >= 15 is 0 Å². The van der Waals surface area contributed by atoms with Crippen molar-refractivity contribution in [1.82, 2.24) is 0 Å². The Labute approximate surface area is 91.2 Å². The maximum absolute atomic E-state index is 9.20. The maximum Gasteiger partial charge on any atom is 0.183 e. The van der Waals surface area contributed by atoms with E-state index in [1.807, 2.05) is 6.08 Å². The second-order valence-electron chi connectivity index (χ2n) is 4.26. The first-order valence-electron chi connectivity index (χ1n) is 5.16. The molecule has 0 atom stereocenters. The monoisotopic (exact) mass is 234 g/mol. The van der Waals surface area contributed by atoms with Gasteiger partial charge in [0.25, 0.3) is 0 Å². The molecule has 1 saturated carbocycles. The molecule has 0 bridgehead atoms. The number of allylic oxidation sites excluding steroid dienone is 1. The van der Waals surface area contributed by atoms with Crippen molar-refractivity contribution in [3.63, 3.8) is 0 Å². The van der Waals surface area contributed by atoms with Crippen molar-refractivity contribution in [2.45, 2.75) is 32.1 Å². The minimum absolute atomic E-state index is 0.442. The topological polar surface area (TPSA) is 40.5 Å². The Morgan fingerprint density at radius 2 is 1.71 bits per heavy atom. The van der Waals surface area contributed by atoms with Gasteiger partial charge >= 0.3 is 0 Å². The average Bonchev–Trinajstić information content (AvgIpc) is 2.06. The van der Waals surface area contributed by atoms with Gasteiger partial charge in [-0.25, -0.2) is 0 Å². The van der Waals surface area contributed by atoms with E-state index in [4.69, 9.17) is 0 Å². The fourth-order valence-electron chi connectivity index (χ4n) is 2.22. The Kier molecular flexibility index (Phi) is 4.78. The van der Waals surface area contributed by atoms with Gasteiger partial charge in [-0.3, -0.25) is 0 Å². The van der Waals surface area contributed by atoms with Crippen molar-refractivity contribution in [3.05, 3.63) is 12.7 Å². The molecule has 0 radical (unpaired) electrons. The van der Waals surface area contributed by atoms with Crippen molar-refractivity contribution in [2.24, 2.45) is 11.8 Å². The van der Waals surface area contributed by atoms with Gasteiger partial charge < -0.3 is 9.79 Å². The second-order valence-corrected chi connectivity index (χ2v) is 7.71. The van der Waals surface area contributed by atoms with E-state index in [0.717, 1.165) is 25.2 Å². The molecule has 0 amide bonds. The second kappa shape index (κ2) is 5.41. The third kappa shape index (κ3) is 4.70. The van der Waals surface area contributed by atoms with Crippen LogP contribution in [0.1, 0.15) is 32.1 Å². The highest BCUT2D eigenvalue weighted by molar-refractivity contribution is 8.09. The number of hydrogen-bond donors (Lipinski definition) is 2. The Morgan fingerprint density at radius 3 is 2.14 bits per heavy atom. The summed E-state index contributed by atoms with van der Waals surface area (Å²) >= 11 is 4.65. The van der Waals surface area contributed by atoms with Crippen LogP contribution in [0.5, 0.6) is 0 Å². The third-order valence-corrected chi connectivity index (χ3v) is 4.40. The highest BCUT2D eigenvalue weighted by atomic mass is 32.5. The van der Waals surface area contributed by atoms with Crippen LogP contribution in [0.25, 0.3) is 0 Å². The van der Waals surface area contributed by atoms with Gasteiger partial charge in [0.05, 0.1) is 0 Å². The zero-order valence-electron chi connectivity index (χ0n) is 8.43. The summed E-state index contributed by atoms with van der Waals surface area (Å²) in [7, 11) is 0. The summed E-state index contributed by atoms with van der Waals surface area (Å²) < 4.78 is 0. The first-order valence-corrected chi connectivity index (χ1v) is 8.06. The molecule has 0 saturated heterocycles. The fourth-order valence-corrected chi connectivity index (χ4v) is 3.89. The Balaban J connectivity index is 2.29. The molecule has 1 rings (SSSR count). The minimum atomic E-state index is -2.96. The van der Waals surface area contributed by atoms with E-state index in [1.165, 1.54) is 12.8 Å². The molecular formula is C10H19O2PS. The highest BCUT2D eigenvalue weighted by Gasteiger charge is 2.24. The summed E-state index contributed by atoms with van der Waals surface area (Å²) in [5.41, 5.74) is 0. The lowest BCUT2D eigenvalue weighted by Crippen LogP contribution is -2.17. The van der Waals surface area contributed by atoms with Crippen LogP contribution in [0.15, 0.2) is 12.7 Å². The molecule has 1 aliphatic rings. The van der Waals surface area contributed by atoms with Gasteiger partial charge in [0, 0.05) is 6.16 Å². The molecule has 82 valence electrons. The van der Waals surface area contributed by atoms with E-state index in [-0.39, 0.29) is 0 Å². The molecule has 0 spiro atoms. The predicted molar refractivity (Wildman–Crippen MR) is 63.9 cm³/mol. The molecule has 0 aromatic rings. The van der Waals surface area contributed by atoms with Crippen molar-refractivity contribution in [2.75, 3.05) is 6.16 Å². The molecule has 4 heteroatoms. The van der Waals surface area contributed by atoms with Gasteiger partial charge in [-0.1, -0.05) is 6.08 Å².